The van der Waals surface area contributed by atoms with E-state index in [9.17, 15) is 10.1 Å². The van der Waals surface area contributed by atoms with E-state index >= 15 is 0 Å². The van der Waals surface area contributed by atoms with Crippen LogP contribution in [0.2, 0.25) is 0 Å². The van der Waals surface area contributed by atoms with Gasteiger partial charge in [0.2, 0.25) is 0 Å². The minimum atomic E-state index is -0.390. The molecule has 19 heavy (non-hydrogen) atoms. The quantitative estimate of drug-likeness (QED) is 0.654. The van der Waals surface area contributed by atoms with Crippen LogP contribution < -0.4 is 5.32 Å². The Kier molecular flexibility index (Phi) is 3.00. The van der Waals surface area contributed by atoms with Crippen LogP contribution in [0, 0.1) is 10.1 Å². The highest BCUT2D eigenvalue weighted by Crippen LogP contribution is 2.25. The fraction of sp³-hybridized carbons (Fsp3) is 0.308. The van der Waals surface area contributed by atoms with Crippen molar-refractivity contribution in [2.24, 2.45) is 0 Å². The Labute approximate surface area is 110 Å². The molecule has 6 nitrogen and oxygen atoms in total. The van der Waals surface area contributed by atoms with Crippen LogP contribution in [0.1, 0.15) is 24.7 Å². The van der Waals surface area contributed by atoms with Crippen LogP contribution in [0.3, 0.4) is 0 Å². The van der Waals surface area contributed by atoms with E-state index in [1.165, 1.54) is 6.07 Å². The number of aromatic amines is 1. The summed E-state index contributed by atoms with van der Waals surface area (Å²) in [5.41, 5.74) is 1.69. The lowest BCUT2D eigenvalue weighted by molar-refractivity contribution is -0.384. The number of H-pyrrole nitrogens is 1. The average molecular weight is 258 g/mol. The fourth-order valence-electron chi connectivity index (χ4n) is 2.37. The lowest BCUT2D eigenvalue weighted by atomic mass is 10.1. The minimum Gasteiger partial charge on any atom is -0.341 e. The molecule has 2 N–H and O–H groups in total. The summed E-state index contributed by atoms with van der Waals surface area (Å²) in [6, 6.07) is 6.83. The van der Waals surface area contributed by atoms with E-state index in [0.29, 0.717) is 0 Å². The number of aromatic nitrogens is 2. The van der Waals surface area contributed by atoms with Gasteiger partial charge in [0.15, 0.2) is 0 Å². The fourth-order valence-corrected chi connectivity index (χ4v) is 2.37. The van der Waals surface area contributed by atoms with Gasteiger partial charge in [-0.25, -0.2) is 4.98 Å². The van der Waals surface area contributed by atoms with Crippen molar-refractivity contribution in [1.82, 2.24) is 15.3 Å². The van der Waals surface area contributed by atoms with Gasteiger partial charge in [0, 0.05) is 17.7 Å². The van der Waals surface area contributed by atoms with Crippen molar-refractivity contribution < 1.29 is 4.92 Å². The number of hydrogen-bond acceptors (Lipinski definition) is 4. The van der Waals surface area contributed by atoms with Crippen LogP contribution in [-0.2, 0) is 0 Å². The predicted octanol–water partition coefficient (Wildman–Crippen LogP) is 2.41. The Balaban J connectivity index is 1.89. The van der Waals surface area contributed by atoms with Crippen LogP contribution >= 0.6 is 0 Å². The molecule has 0 spiro atoms. The van der Waals surface area contributed by atoms with Crippen LogP contribution in [-0.4, -0.2) is 21.4 Å². The smallest absolute Gasteiger partial charge is 0.270 e. The molecule has 0 amide bonds. The molecular formula is C13H14N4O2. The van der Waals surface area contributed by atoms with Crippen LogP contribution in [0.15, 0.2) is 30.5 Å². The number of imidazole rings is 1. The molecule has 0 aliphatic carbocycles. The zero-order valence-electron chi connectivity index (χ0n) is 10.3. The minimum absolute atomic E-state index is 0.0904. The van der Waals surface area contributed by atoms with E-state index in [4.69, 9.17) is 0 Å². The van der Waals surface area contributed by atoms with Crippen molar-refractivity contribution in [2.45, 2.75) is 18.9 Å². The summed E-state index contributed by atoms with van der Waals surface area (Å²) in [6.07, 6.45) is 3.95. The first kappa shape index (κ1) is 11.9. The maximum atomic E-state index is 10.8. The van der Waals surface area contributed by atoms with E-state index in [-0.39, 0.29) is 16.7 Å². The number of benzene rings is 1. The van der Waals surface area contributed by atoms with Gasteiger partial charge in [0.05, 0.1) is 22.9 Å². The van der Waals surface area contributed by atoms with E-state index < -0.39 is 0 Å². The molecule has 1 unspecified atom stereocenters. The molecule has 1 aromatic carbocycles. The number of hydrogen-bond donors (Lipinski definition) is 2. The van der Waals surface area contributed by atoms with Crippen molar-refractivity contribution in [2.75, 3.05) is 6.54 Å². The maximum absolute atomic E-state index is 10.8. The molecular weight excluding hydrogens is 244 g/mol. The summed E-state index contributed by atoms with van der Waals surface area (Å²) < 4.78 is 0. The Bertz CT molecular complexity index is 602. The highest BCUT2D eigenvalue weighted by atomic mass is 16.6. The Hall–Kier alpha value is -2.21. The summed E-state index contributed by atoms with van der Waals surface area (Å²) in [4.78, 5) is 18.0. The number of nitro benzene ring substituents is 1. The first-order chi connectivity index (χ1) is 9.24. The monoisotopic (exact) mass is 258 g/mol. The molecule has 6 heteroatoms. The van der Waals surface area contributed by atoms with Gasteiger partial charge in [-0.3, -0.25) is 10.1 Å². The van der Waals surface area contributed by atoms with Gasteiger partial charge in [-0.05, 0) is 19.4 Å². The standard InChI is InChI=1S/C13H14N4O2/c18-17(19)10-4-1-3-9(7-10)12-8-15-13(16-12)11-5-2-6-14-11/h1,3-4,7-8,11,14H,2,5-6H2,(H,15,16). The van der Waals surface area contributed by atoms with Crippen molar-refractivity contribution in [3.8, 4) is 11.3 Å². The van der Waals surface area contributed by atoms with Gasteiger partial charge in [0.1, 0.15) is 5.82 Å². The molecule has 2 heterocycles. The molecule has 0 saturated carbocycles. The molecule has 1 atom stereocenters. The summed E-state index contributed by atoms with van der Waals surface area (Å²) in [5.74, 6) is 0.902. The van der Waals surface area contributed by atoms with E-state index in [1.807, 2.05) is 6.07 Å². The van der Waals surface area contributed by atoms with Crippen LogP contribution in [0.4, 0.5) is 5.69 Å². The second kappa shape index (κ2) is 4.81. The Morgan fingerprint density at radius 3 is 3.05 bits per heavy atom. The highest BCUT2D eigenvalue weighted by Gasteiger charge is 2.19. The maximum Gasteiger partial charge on any atom is 0.270 e. The third-order valence-electron chi connectivity index (χ3n) is 3.35. The van der Waals surface area contributed by atoms with Crippen molar-refractivity contribution in [3.63, 3.8) is 0 Å². The molecule has 0 radical (unpaired) electrons. The summed E-state index contributed by atoms with van der Waals surface area (Å²) in [5, 5.41) is 14.1. The van der Waals surface area contributed by atoms with Gasteiger partial charge in [-0.15, -0.1) is 0 Å². The van der Waals surface area contributed by atoms with Gasteiger partial charge in [0.25, 0.3) is 5.69 Å². The lowest BCUT2D eigenvalue weighted by Crippen LogP contribution is -2.14. The molecule has 1 aliphatic rings. The number of nitro groups is 1. The largest absolute Gasteiger partial charge is 0.341 e. The third-order valence-corrected chi connectivity index (χ3v) is 3.35. The number of nitrogens with zero attached hydrogens (tertiary/aromatic N) is 2. The number of rotatable bonds is 3. The van der Waals surface area contributed by atoms with Crippen molar-refractivity contribution in [1.29, 1.82) is 0 Å². The van der Waals surface area contributed by atoms with E-state index in [2.05, 4.69) is 15.3 Å². The van der Waals surface area contributed by atoms with Crippen LogP contribution in [0.25, 0.3) is 11.3 Å². The lowest BCUT2D eigenvalue weighted by Gasteiger charge is -2.05. The van der Waals surface area contributed by atoms with Gasteiger partial charge in [-0.1, -0.05) is 12.1 Å². The number of nitrogens with one attached hydrogen (secondary N) is 2. The van der Waals surface area contributed by atoms with E-state index in [0.717, 1.165) is 36.5 Å². The summed E-state index contributed by atoms with van der Waals surface area (Å²) >= 11 is 0. The second-order valence-electron chi connectivity index (χ2n) is 4.64. The molecule has 1 aliphatic heterocycles. The molecule has 2 aromatic rings. The summed E-state index contributed by atoms with van der Waals surface area (Å²) in [6.45, 7) is 1.01. The molecule has 0 bridgehead atoms. The van der Waals surface area contributed by atoms with E-state index in [1.54, 1.807) is 18.3 Å². The van der Waals surface area contributed by atoms with Gasteiger partial charge in [-0.2, -0.15) is 0 Å². The number of non-ortho nitro benzene ring substituents is 1. The normalized spacial score (nSPS) is 18.6. The zero-order valence-corrected chi connectivity index (χ0v) is 10.3. The SMILES string of the molecule is O=[N+]([O-])c1cccc(-c2cnc(C3CCCN3)[nH]2)c1. The second-order valence-corrected chi connectivity index (χ2v) is 4.64. The Morgan fingerprint density at radius 1 is 1.42 bits per heavy atom. The van der Waals surface area contributed by atoms with Crippen LogP contribution in [0.5, 0.6) is 0 Å². The molecule has 1 fully saturated rings. The third kappa shape index (κ3) is 2.34. The molecule has 1 saturated heterocycles. The first-order valence-corrected chi connectivity index (χ1v) is 6.27. The average Bonchev–Trinajstić information content (AvgIpc) is 3.09. The van der Waals surface area contributed by atoms with Crippen molar-refractivity contribution in [3.05, 3.63) is 46.4 Å². The predicted molar refractivity (Wildman–Crippen MR) is 70.7 cm³/mol. The van der Waals surface area contributed by atoms with Crippen molar-refractivity contribution >= 4 is 5.69 Å². The highest BCUT2D eigenvalue weighted by molar-refractivity contribution is 5.62. The molecule has 98 valence electrons. The Morgan fingerprint density at radius 2 is 2.32 bits per heavy atom. The zero-order chi connectivity index (χ0) is 13.2. The molecule has 3 rings (SSSR count). The molecule has 1 aromatic heterocycles. The van der Waals surface area contributed by atoms with Gasteiger partial charge >= 0.3 is 0 Å². The first-order valence-electron chi connectivity index (χ1n) is 6.27. The topological polar surface area (TPSA) is 83.8 Å². The summed E-state index contributed by atoms with van der Waals surface area (Å²) in [7, 11) is 0. The van der Waals surface area contributed by atoms with Gasteiger partial charge < -0.3 is 10.3 Å².